The lowest BCUT2D eigenvalue weighted by Crippen LogP contribution is -2.17. The molecule has 2 aromatic rings. The minimum absolute atomic E-state index is 0.00200. The molecule has 0 aliphatic heterocycles. The Morgan fingerprint density at radius 3 is 2.67 bits per heavy atom. The standard InChI is InChI=1S/C15H18FNO/c1-4-7-15(2,3)10-5-6-11-12(8-10)13(16)9-17-14(11)18/h5-6,8-9H,4,7H2,1-3H3,(H,17,18). The van der Waals surface area contributed by atoms with Crippen molar-refractivity contribution in [1.29, 1.82) is 0 Å². The Labute approximate surface area is 106 Å². The highest BCUT2D eigenvalue weighted by atomic mass is 19.1. The molecule has 2 rings (SSSR count). The van der Waals surface area contributed by atoms with Gasteiger partial charge in [-0.15, -0.1) is 0 Å². The third-order valence-corrected chi connectivity index (χ3v) is 3.51. The van der Waals surface area contributed by atoms with E-state index in [4.69, 9.17) is 0 Å². The Balaban J connectivity index is 2.64. The van der Waals surface area contributed by atoms with Gasteiger partial charge in [0.05, 0.1) is 0 Å². The van der Waals surface area contributed by atoms with Crippen molar-refractivity contribution in [3.8, 4) is 0 Å². The highest BCUT2D eigenvalue weighted by Crippen LogP contribution is 2.30. The van der Waals surface area contributed by atoms with E-state index in [1.807, 2.05) is 6.07 Å². The van der Waals surface area contributed by atoms with Gasteiger partial charge in [0, 0.05) is 17.0 Å². The number of fused-ring (bicyclic) bond motifs is 1. The summed E-state index contributed by atoms with van der Waals surface area (Å²) < 4.78 is 13.8. The molecular weight excluding hydrogens is 229 g/mol. The van der Waals surface area contributed by atoms with Gasteiger partial charge in [0.15, 0.2) is 0 Å². The molecule has 1 aromatic heterocycles. The molecule has 0 saturated heterocycles. The Morgan fingerprint density at radius 1 is 1.28 bits per heavy atom. The first-order valence-corrected chi connectivity index (χ1v) is 6.27. The molecule has 0 bridgehead atoms. The number of pyridine rings is 1. The van der Waals surface area contributed by atoms with Gasteiger partial charge in [-0.25, -0.2) is 4.39 Å². The van der Waals surface area contributed by atoms with E-state index in [1.54, 1.807) is 12.1 Å². The van der Waals surface area contributed by atoms with Gasteiger partial charge in [-0.3, -0.25) is 4.79 Å². The largest absolute Gasteiger partial charge is 0.326 e. The van der Waals surface area contributed by atoms with Crippen molar-refractivity contribution >= 4 is 10.8 Å². The van der Waals surface area contributed by atoms with Gasteiger partial charge >= 0.3 is 0 Å². The van der Waals surface area contributed by atoms with Crippen LogP contribution in [0.3, 0.4) is 0 Å². The van der Waals surface area contributed by atoms with E-state index in [-0.39, 0.29) is 16.8 Å². The molecule has 0 aliphatic rings. The number of rotatable bonds is 3. The monoisotopic (exact) mass is 247 g/mol. The van der Waals surface area contributed by atoms with Crippen LogP contribution in [0.15, 0.2) is 29.2 Å². The van der Waals surface area contributed by atoms with Crippen LogP contribution in [0.4, 0.5) is 4.39 Å². The van der Waals surface area contributed by atoms with Crippen LogP contribution < -0.4 is 5.56 Å². The molecule has 0 atom stereocenters. The summed E-state index contributed by atoms with van der Waals surface area (Å²) in [5, 5.41) is 0.812. The maximum absolute atomic E-state index is 13.8. The normalized spacial score (nSPS) is 12.0. The first kappa shape index (κ1) is 12.8. The fraction of sp³-hybridized carbons (Fsp3) is 0.400. The average Bonchev–Trinajstić information content (AvgIpc) is 2.33. The van der Waals surface area contributed by atoms with Crippen molar-refractivity contribution < 1.29 is 4.39 Å². The minimum Gasteiger partial charge on any atom is -0.326 e. The molecular formula is C15H18FNO. The SMILES string of the molecule is CCCC(C)(C)c1ccc2c(=O)[nH]cc(F)c2c1. The van der Waals surface area contributed by atoms with Gasteiger partial charge in [-0.2, -0.15) is 0 Å². The zero-order valence-electron chi connectivity index (χ0n) is 11.0. The molecule has 1 heterocycles. The van der Waals surface area contributed by atoms with Gasteiger partial charge in [0.2, 0.25) is 0 Å². The molecule has 96 valence electrons. The Kier molecular flexibility index (Phi) is 3.24. The summed E-state index contributed by atoms with van der Waals surface area (Å²) in [4.78, 5) is 14.0. The molecule has 0 amide bonds. The van der Waals surface area contributed by atoms with Crippen molar-refractivity contribution in [2.24, 2.45) is 0 Å². The fourth-order valence-electron chi connectivity index (χ4n) is 2.41. The number of nitrogens with one attached hydrogen (secondary N) is 1. The van der Waals surface area contributed by atoms with E-state index in [2.05, 4.69) is 25.8 Å². The average molecular weight is 247 g/mol. The number of benzene rings is 1. The van der Waals surface area contributed by atoms with Crippen LogP contribution in [-0.4, -0.2) is 4.98 Å². The predicted molar refractivity (Wildman–Crippen MR) is 72.5 cm³/mol. The van der Waals surface area contributed by atoms with Gasteiger partial charge < -0.3 is 4.98 Å². The summed E-state index contributed by atoms with van der Waals surface area (Å²) in [6.07, 6.45) is 3.23. The van der Waals surface area contributed by atoms with Crippen LogP contribution in [0.1, 0.15) is 39.2 Å². The van der Waals surface area contributed by atoms with E-state index in [1.165, 1.54) is 0 Å². The second-order valence-corrected chi connectivity index (χ2v) is 5.36. The third-order valence-electron chi connectivity index (χ3n) is 3.51. The second-order valence-electron chi connectivity index (χ2n) is 5.36. The maximum Gasteiger partial charge on any atom is 0.256 e. The quantitative estimate of drug-likeness (QED) is 0.880. The topological polar surface area (TPSA) is 32.9 Å². The highest BCUT2D eigenvalue weighted by molar-refractivity contribution is 5.82. The predicted octanol–water partition coefficient (Wildman–Crippen LogP) is 3.74. The molecule has 1 N–H and O–H groups in total. The molecule has 0 fully saturated rings. The lowest BCUT2D eigenvalue weighted by Gasteiger charge is -2.25. The zero-order valence-corrected chi connectivity index (χ0v) is 11.0. The summed E-state index contributed by atoms with van der Waals surface area (Å²) in [5.41, 5.74) is 0.824. The Morgan fingerprint density at radius 2 is 2.00 bits per heavy atom. The number of hydrogen-bond acceptors (Lipinski definition) is 1. The van der Waals surface area contributed by atoms with E-state index >= 15 is 0 Å². The van der Waals surface area contributed by atoms with E-state index < -0.39 is 0 Å². The van der Waals surface area contributed by atoms with E-state index in [9.17, 15) is 9.18 Å². The molecule has 0 aliphatic carbocycles. The first-order chi connectivity index (χ1) is 8.45. The zero-order chi connectivity index (χ0) is 13.3. The number of aromatic amines is 1. The number of halogens is 1. The Hall–Kier alpha value is -1.64. The second kappa shape index (κ2) is 4.56. The van der Waals surface area contributed by atoms with Crippen LogP contribution in [0.2, 0.25) is 0 Å². The number of H-pyrrole nitrogens is 1. The van der Waals surface area contributed by atoms with Gasteiger partial charge in [0.1, 0.15) is 5.82 Å². The van der Waals surface area contributed by atoms with Crippen molar-refractivity contribution in [3.63, 3.8) is 0 Å². The summed E-state index contributed by atoms with van der Waals surface area (Å²) in [7, 11) is 0. The van der Waals surface area contributed by atoms with Gasteiger partial charge in [-0.05, 0) is 29.5 Å². The molecule has 3 heteroatoms. The molecule has 0 radical (unpaired) electrons. The third kappa shape index (κ3) is 2.17. The van der Waals surface area contributed by atoms with Crippen LogP contribution in [0, 0.1) is 5.82 Å². The fourth-order valence-corrected chi connectivity index (χ4v) is 2.41. The lowest BCUT2D eigenvalue weighted by atomic mass is 9.80. The first-order valence-electron chi connectivity index (χ1n) is 6.27. The molecule has 0 unspecified atom stereocenters. The lowest BCUT2D eigenvalue weighted by molar-refractivity contribution is 0.473. The van der Waals surface area contributed by atoms with Gasteiger partial charge in [-0.1, -0.05) is 33.3 Å². The van der Waals surface area contributed by atoms with E-state index in [0.717, 1.165) is 24.6 Å². The molecule has 0 spiro atoms. The Bertz CT molecular complexity index is 628. The minimum atomic E-state index is -0.376. The van der Waals surface area contributed by atoms with Crippen LogP contribution in [0.5, 0.6) is 0 Å². The van der Waals surface area contributed by atoms with Crippen molar-refractivity contribution in [1.82, 2.24) is 4.98 Å². The van der Waals surface area contributed by atoms with Crippen molar-refractivity contribution in [2.45, 2.75) is 39.0 Å². The molecule has 18 heavy (non-hydrogen) atoms. The van der Waals surface area contributed by atoms with Crippen LogP contribution in [0.25, 0.3) is 10.8 Å². The van der Waals surface area contributed by atoms with Crippen LogP contribution >= 0.6 is 0 Å². The molecule has 1 aromatic carbocycles. The van der Waals surface area contributed by atoms with Gasteiger partial charge in [0.25, 0.3) is 5.56 Å². The highest BCUT2D eigenvalue weighted by Gasteiger charge is 2.20. The summed E-state index contributed by atoms with van der Waals surface area (Å²) >= 11 is 0. The van der Waals surface area contributed by atoms with Crippen LogP contribution in [-0.2, 0) is 5.41 Å². The number of aromatic nitrogens is 1. The van der Waals surface area contributed by atoms with Crippen molar-refractivity contribution in [2.75, 3.05) is 0 Å². The van der Waals surface area contributed by atoms with E-state index in [0.29, 0.717) is 10.8 Å². The summed E-state index contributed by atoms with van der Waals surface area (Å²) in [6, 6.07) is 5.44. The van der Waals surface area contributed by atoms with Crippen molar-refractivity contribution in [3.05, 3.63) is 46.1 Å². The maximum atomic E-state index is 13.8. The smallest absolute Gasteiger partial charge is 0.256 e. The molecule has 2 nitrogen and oxygen atoms in total. The number of hydrogen-bond donors (Lipinski definition) is 1. The summed E-state index contributed by atoms with van der Waals surface area (Å²) in [6.45, 7) is 6.42. The molecule has 0 saturated carbocycles. The summed E-state index contributed by atoms with van der Waals surface area (Å²) in [5.74, 6) is -0.376.